The maximum absolute atomic E-state index is 13.8. The first-order chi connectivity index (χ1) is 14.2. The number of hydrogen-bond donors (Lipinski definition) is 3. The lowest BCUT2D eigenvalue weighted by Gasteiger charge is -2.16. The third-order valence-electron chi connectivity index (χ3n) is 5.14. The summed E-state index contributed by atoms with van der Waals surface area (Å²) in [7, 11) is 0. The van der Waals surface area contributed by atoms with Crippen molar-refractivity contribution in [3.8, 4) is 0 Å². The summed E-state index contributed by atoms with van der Waals surface area (Å²) >= 11 is 0. The third-order valence-corrected chi connectivity index (χ3v) is 5.14. The highest BCUT2D eigenvalue weighted by Crippen LogP contribution is 2.20. The van der Waals surface area contributed by atoms with Crippen molar-refractivity contribution in [2.24, 2.45) is 5.92 Å². The summed E-state index contributed by atoms with van der Waals surface area (Å²) in [5.74, 6) is -1.84. The molecule has 0 heterocycles. The first-order valence-corrected chi connectivity index (χ1v) is 9.96. The molecule has 30 heavy (non-hydrogen) atoms. The zero-order valence-electron chi connectivity index (χ0n) is 17.5. The van der Waals surface area contributed by atoms with E-state index in [0.717, 1.165) is 5.56 Å². The highest BCUT2D eigenvalue weighted by atomic mass is 19.1. The van der Waals surface area contributed by atoms with Crippen molar-refractivity contribution in [3.63, 3.8) is 0 Å². The van der Waals surface area contributed by atoms with Crippen LogP contribution >= 0.6 is 0 Å². The molecular formula is C23H28F2N2O3. The van der Waals surface area contributed by atoms with E-state index in [4.69, 9.17) is 5.21 Å². The van der Waals surface area contributed by atoms with Crippen molar-refractivity contribution in [3.05, 3.63) is 69.8 Å². The summed E-state index contributed by atoms with van der Waals surface area (Å²) < 4.78 is 27.1. The molecule has 7 heteroatoms. The predicted octanol–water partition coefficient (Wildman–Crippen LogP) is 4.15. The van der Waals surface area contributed by atoms with Crippen LogP contribution in [0.25, 0.3) is 0 Å². The SMILES string of the molecule is Cc1cc(C(=O)NCCCC[C@@H](Cc2cc(C)c(F)c(C)c2)C(=O)NO)ccc1F. The molecule has 5 nitrogen and oxygen atoms in total. The Kier molecular flexibility index (Phi) is 8.47. The summed E-state index contributed by atoms with van der Waals surface area (Å²) in [6, 6.07) is 7.63. The van der Waals surface area contributed by atoms with E-state index < -0.39 is 11.8 Å². The summed E-state index contributed by atoms with van der Waals surface area (Å²) in [6.07, 6.45) is 2.19. The topological polar surface area (TPSA) is 78.4 Å². The van der Waals surface area contributed by atoms with E-state index in [0.29, 0.717) is 54.5 Å². The second-order valence-corrected chi connectivity index (χ2v) is 7.64. The Morgan fingerprint density at radius 2 is 1.67 bits per heavy atom. The van der Waals surface area contributed by atoms with Gasteiger partial charge in [0.25, 0.3) is 5.91 Å². The molecule has 0 aliphatic heterocycles. The lowest BCUT2D eigenvalue weighted by molar-refractivity contribution is -0.133. The third kappa shape index (κ3) is 6.35. The number of unbranched alkanes of at least 4 members (excludes halogenated alkanes) is 1. The smallest absolute Gasteiger partial charge is 0.251 e. The fourth-order valence-corrected chi connectivity index (χ4v) is 3.46. The number of benzene rings is 2. The highest BCUT2D eigenvalue weighted by molar-refractivity contribution is 5.94. The van der Waals surface area contributed by atoms with E-state index >= 15 is 0 Å². The van der Waals surface area contributed by atoms with Gasteiger partial charge in [-0.3, -0.25) is 14.8 Å². The van der Waals surface area contributed by atoms with E-state index in [2.05, 4.69) is 5.32 Å². The van der Waals surface area contributed by atoms with Crippen LogP contribution in [0, 0.1) is 38.3 Å². The van der Waals surface area contributed by atoms with Crippen molar-refractivity contribution in [1.82, 2.24) is 10.8 Å². The molecule has 2 amide bonds. The van der Waals surface area contributed by atoms with Crippen molar-refractivity contribution in [2.45, 2.75) is 46.5 Å². The first kappa shape index (κ1) is 23.5. The molecular weight excluding hydrogens is 390 g/mol. The molecule has 0 aliphatic rings. The molecule has 2 aromatic rings. The van der Waals surface area contributed by atoms with Gasteiger partial charge in [-0.25, -0.2) is 14.3 Å². The van der Waals surface area contributed by atoms with Crippen LogP contribution in [0.1, 0.15) is 51.9 Å². The average Bonchev–Trinajstić information content (AvgIpc) is 2.71. The number of carbonyl (C=O) groups is 2. The number of hydrogen-bond acceptors (Lipinski definition) is 3. The highest BCUT2D eigenvalue weighted by Gasteiger charge is 2.19. The molecule has 1 atom stereocenters. The summed E-state index contributed by atoms with van der Waals surface area (Å²) in [5, 5.41) is 11.8. The lowest BCUT2D eigenvalue weighted by atomic mass is 9.91. The fraction of sp³-hybridized carbons (Fsp3) is 0.391. The molecule has 0 saturated carbocycles. The molecule has 0 aromatic heterocycles. The first-order valence-electron chi connectivity index (χ1n) is 9.96. The standard InChI is InChI=1S/C23H28F2N2O3/c1-14-12-19(7-8-20(14)24)22(28)26-9-5-4-6-18(23(29)27-30)13-17-10-15(2)21(25)16(3)11-17/h7-8,10-12,18,30H,4-6,9,13H2,1-3H3,(H,26,28)(H,27,29)/t18-/m0/s1. The van der Waals surface area contributed by atoms with Crippen LogP contribution in [0.2, 0.25) is 0 Å². The van der Waals surface area contributed by atoms with Gasteiger partial charge in [0.05, 0.1) is 0 Å². The Bertz CT molecular complexity index is 892. The van der Waals surface area contributed by atoms with E-state index in [9.17, 15) is 18.4 Å². The van der Waals surface area contributed by atoms with Gasteiger partial charge in [-0.05, 0) is 80.5 Å². The van der Waals surface area contributed by atoms with Crippen molar-refractivity contribution in [2.75, 3.05) is 6.54 Å². The molecule has 0 unspecified atom stereocenters. The maximum Gasteiger partial charge on any atom is 0.251 e. The molecule has 2 aromatic carbocycles. The van der Waals surface area contributed by atoms with Gasteiger partial charge in [-0.1, -0.05) is 18.6 Å². The van der Waals surface area contributed by atoms with Crippen LogP contribution in [-0.2, 0) is 11.2 Å². The molecule has 2 rings (SSSR count). The second-order valence-electron chi connectivity index (χ2n) is 7.64. The number of hydroxylamine groups is 1. The minimum Gasteiger partial charge on any atom is -0.352 e. The molecule has 0 aliphatic carbocycles. The lowest BCUT2D eigenvalue weighted by Crippen LogP contribution is -2.30. The number of rotatable bonds is 9. The van der Waals surface area contributed by atoms with Gasteiger partial charge in [0.1, 0.15) is 11.6 Å². The number of halogens is 2. The molecule has 0 saturated heterocycles. The van der Waals surface area contributed by atoms with Gasteiger partial charge < -0.3 is 5.32 Å². The molecule has 0 radical (unpaired) electrons. The van der Waals surface area contributed by atoms with Gasteiger partial charge in [0.2, 0.25) is 5.91 Å². The van der Waals surface area contributed by atoms with Crippen LogP contribution in [-0.4, -0.2) is 23.6 Å². The Morgan fingerprint density at radius 1 is 1.00 bits per heavy atom. The Balaban J connectivity index is 1.85. The van der Waals surface area contributed by atoms with Gasteiger partial charge in [0, 0.05) is 18.0 Å². The van der Waals surface area contributed by atoms with E-state index in [1.807, 2.05) is 0 Å². The summed E-state index contributed by atoms with van der Waals surface area (Å²) in [5.41, 5.74) is 4.38. The van der Waals surface area contributed by atoms with Crippen molar-refractivity contribution < 1.29 is 23.6 Å². The fourth-order valence-electron chi connectivity index (χ4n) is 3.46. The van der Waals surface area contributed by atoms with Crippen LogP contribution in [0.15, 0.2) is 30.3 Å². The number of carbonyl (C=O) groups excluding carboxylic acids is 2. The van der Waals surface area contributed by atoms with Gasteiger partial charge >= 0.3 is 0 Å². The largest absolute Gasteiger partial charge is 0.352 e. The van der Waals surface area contributed by atoms with Crippen LogP contribution in [0.4, 0.5) is 8.78 Å². The molecule has 0 fully saturated rings. The quantitative estimate of drug-likeness (QED) is 0.325. The van der Waals surface area contributed by atoms with E-state index in [1.54, 1.807) is 38.4 Å². The number of aryl methyl sites for hydroxylation is 3. The van der Waals surface area contributed by atoms with E-state index in [1.165, 1.54) is 18.2 Å². The van der Waals surface area contributed by atoms with Gasteiger partial charge in [-0.15, -0.1) is 0 Å². The van der Waals surface area contributed by atoms with Crippen LogP contribution in [0.3, 0.4) is 0 Å². The molecule has 3 N–H and O–H groups in total. The zero-order chi connectivity index (χ0) is 22.3. The monoisotopic (exact) mass is 418 g/mol. The minimum absolute atomic E-state index is 0.256. The molecule has 162 valence electrons. The Morgan fingerprint density at radius 3 is 2.27 bits per heavy atom. The number of nitrogens with one attached hydrogen (secondary N) is 2. The minimum atomic E-state index is -0.486. The average molecular weight is 418 g/mol. The van der Waals surface area contributed by atoms with E-state index in [-0.39, 0.29) is 17.5 Å². The Hall–Kier alpha value is -2.80. The van der Waals surface area contributed by atoms with Gasteiger partial charge in [0.15, 0.2) is 0 Å². The van der Waals surface area contributed by atoms with Crippen molar-refractivity contribution >= 4 is 11.8 Å². The second kappa shape index (κ2) is 10.8. The molecule has 0 spiro atoms. The van der Waals surface area contributed by atoms with Crippen LogP contribution in [0.5, 0.6) is 0 Å². The predicted molar refractivity (Wildman–Crippen MR) is 110 cm³/mol. The number of amides is 2. The van der Waals surface area contributed by atoms with Crippen LogP contribution < -0.4 is 10.8 Å². The normalized spacial score (nSPS) is 11.8. The maximum atomic E-state index is 13.8. The molecule has 0 bridgehead atoms. The zero-order valence-corrected chi connectivity index (χ0v) is 17.5. The Labute approximate surface area is 175 Å². The van der Waals surface area contributed by atoms with Crippen molar-refractivity contribution in [1.29, 1.82) is 0 Å². The van der Waals surface area contributed by atoms with Gasteiger partial charge in [-0.2, -0.15) is 0 Å². The summed E-state index contributed by atoms with van der Waals surface area (Å²) in [6.45, 7) is 5.37. The summed E-state index contributed by atoms with van der Waals surface area (Å²) in [4.78, 5) is 24.2.